The van der Waals surface area contributed by atoms with Crippen LogP contribution in [0.1, 0.15) is 0 Å². The molecule has 3 rings (SSSR count). The second kappa shape index (κ2) is 6.54. The van der Waals surface area contributed by atoms with E-state index in [1.54, 1.807) is 12.1 Å². The number of fused-ring (bicyclic) bond motifs is 1. The standard InChI is InChI=1S/C16H15N3O5S/c1-22-14-7-12-13(8-15(14)23-2)18-9-19-16(12)24-10-3-5-11(6-4-10)25(17,20)21/h3-9H,1-2H3,(H2,17,20,21). The van der Waals surface area contributed by atoms with E-state index in [-0.39, 0.29) is 4.90 Å². The second-order valence-corrected chi connectivity index (χ2v) is 6.58. The van der Waals surface area contributed by atoms with Gasteiger partial charge in [-0.15, -0.1) is 0 Å². The third kappa shape index (κ3) is 3.47. The Morgan fingerprint density at radius 3 is 2.20 bits per heavy atom. The fourth-order valence-corrected chi connectivity index (χ4v) is 2.77. The Morgan fingerprint density at radius 2 is 1.60 bits per heavy atom. The molecule has 0 bridgehead atoms. The van der Waals surface area contributed by atoms with Crippen molar-refractivity contribution in [2.45, 2.75) is 4.90 Å². The van der Waals surface area contributed by atoms with Crippen molar-refractivity contribution in [3.05, 3.63) is 42.7 Å². The van der Waals surface area contributed by atoms with Crippen molar-refractivity contribution in [1.29, 1.82) is 0 Å². The highest BCUT2D eigenvalue weighted by Gasteiger charge is 2.13. The van der Waals surface area contributed by atoms with Gasteiger partial charge in [-0.2, -0.15) is 0 Å². The van der Waals surface area contributed by atoms with Crippen LogP contribution in [0.3, 0.4) is 0 Å². The van der Waals surface area contributed by atoms with E-state index in [0.29, 0.717) is 34.0 Å². The summed E-state index contributed by atoms with van der Waals surface area (Å²) in [5, 5.41) is 5.70. The van der Waals surface area contributed by atoms with Gasteiger partial charge in [-0.25, -0.2) is 23.5 Å². The minimum absolute atomic E-state index is 0.00111. The third-order valence-electron chi connectivity index (χ3n) is 3.47. The van der Waals surface area contributed by atoms with Crippen LogP contribution in [0, 0.1) is 0 Å². The van der Waals surface area contributed by atoms with Crippen LogP contribution in [0.25, 0.3) is 10.9 Å². The van der Waals surface area contributed by atoms with E-state index in [1.807, 2.05) is 0 Å². The van der Waals surface area contributed by atoms with Gasteiger partial charge in [-0.1, -0.05) is 0 Å². The van der Waals surface area contributed by atoms with Gasteiger partial charge in [0, 0.05) is 6.07 Å². The van der Waals surface area contributed by atoms with Crippen LogP contribution in [-0.2, 0) is 10.0 Å². The first-order valence-corrected chi connectivity index (χ1v) is 8.64. The van der Waals surface area contributed by atoms with Crippen LogP contribution >= 0.6 is 0 Å². The number of primary sulfonamides is 1. The second-order valence-electron chi connectivity index (χ2n) is 5.02. The van der Waals surface area contributed by atoms with Crippen molar-refractivity contribution in [2.24, 2.45) is 5.14 Å². The van der Waals surface area contributed by atoms with E-state index in [0.717, 1.165) is 0 Å². The summed E-state index contributed by atoms with van der Waals surface area (Å²) in [4.78, 5) is 8.32. The molecule has 130 valence electrons. The SMILES string of the molecule is COc1cc2ncnc(Oc3ccc(S(N)(=O)=O)cc3)c2cc1OC. The van der Waals surface area contributed by atoms with E-state index in [4.69, 9.17) is 19.3 Å². The van der Waals surface area contributed by atoms with Crippen LogP contribution < -0.4 is 19.3 Å². The van der Waals surface area contributed by atoms with Crippen molar-refractivity contribution in [3.8, 4) is 23.1 Å². The minimum atomic E-state index is -3.76. The summed E-state index contributed by atoms with van der Waals surface area (Å²) in [6.45, 7) is 0. The Hall–Kier alpha value is -2.91. The first-order valence-electron chi connectivity index (χ1n) is 7.10. The van der Waals surface area contributed by atoms with E-state index in [9.17, 15) is 8.42 Å². The zero-order valence-corrected chi connectivity index (χ0v) is 14.3. The predicted octanol–water partition coefficient (Wildman–Crippen LogP) is 2.09. The number of aromatic nitrogens is 2. The molecule has 2 aromatic carbocycles. The fourth-order valence-electron chi connectivity index (χ4n) is 2.25. The van der Waals surface area contributed by atoms with Gasteiger partial charge in [-0.3, -0.25) is 0 Å². The van der Waals surface area contributed by atoms with Crippen LogP contribution in [0.4, 0.5) is 0 Å². The molecule has 25 heavy (non-hydrogen) atoms. The molecule has 3 aromatic rings. The monoisotopic (exact) mass is 361 g/mol. The number of rotatable bonds is 5. The van der Waals surface area contributed by atoms with Crippen LogP contribution in [-0.4, -0.2) is 32.6 Å². The average molecular weight is 361 g/mol. The Labute approximate surface area is 144 Å². The van der Waals surface area contributed by atoms with Gasteiger partial charge in [0.2, 0.25) is 15.9 Å². The van der Waals surface area contributed by atoms with Gasteiger partial charge < -0.3 is 14.2 Å². The van der Waals surface area contributed by atoms with Gasteiger partial charge >= 0.3 is 0 Å². The number of hydrogen-bond acceptors (Lipinski definition) is 7. The van der Waals surface area contributed by atoms with Crippen LogP contribution in [0.5, 0.6) is 23.1 Å². The molecule has 0 amide bonds. The lowest BCUT2D eigenvalue weighted by Crippen LogP contribution is -2.11. The zero-order chi connectivity index (χ0) is 18.0. The molecule has 1 aromatic heterocycles. The summed E-state index contributed by atoms with van der Waals surface area (Å²) in [5.74, 6) is 1.76. The molecule has 2 N–H and O–H groups in total. The van der Waals surface area contributed by atoms with Gasteiger partial charge in [0.05, 0.1) is 30.0 Å². The Balaban J connectivity index is 2.01. The van der Waals surface area contributed by atoms with Crippen molar-refractivity contribution >= 4 is 20.9 Å². The van der Waals surface area contributed by atoms with Gasteiger partial charge in [0.1, 0.15) is 12.1 Å². The van der Waals surface area contributed by atoms with Crippen LogP contribution in [0.15, 0.2) is 47.6 Å². The number of nitrogens with zero attached hydrogens (tertiary/aromatic N) is 2. The minimum Gasteiger partial charge on any atom is -0.493 e. The van der Waals surface area contributed by atoms with Crippen molar-refractivity contribution in [3.63, 3.8) is 0 Å². The highest BCUT2D eigenvalue weighted by Crippen LogP contribution is 2.35. The first kappa shape index (κ1) is 16.9. The number of sulfonamides is 1. The number of benzene rings is 2. The molecule has 0 atom stereocenters. The number of nitrogens with two attached hydrogens (primary N) is 1. The van der Waals surface area contributed by atoms with E-state index in [1.165, 1.54) is 44.8 Å². The number of ether oxygens (including phenoxy) is 3. The fraction of sp³-hybridized carbons (Fsp3) is 0.125. The molecule has 0 radical (unpaired) electrons. The number of hydrogen-bond donors (Lipinski definition) is 1. The van der Waals surface area contributed by atoms with E-state index < -0.39 is 10.0 Å². The summed E-state index contributed by atoms with van der Waals surface area (Å²) >= 11 is 0. The number of methoxy groups -OCH3 is 2. The molecule has 8 nitrogen and oxygen atoms in total. The molecule has 0 aliphatic carbocycles. The Morgan fingerprint density at radius 1 is 0.960 bits per heavy atom. The van der Waals surface area contributed by atoms with Gasteiger partial charge in [0.25, 0.3) is 0 Å². The highest BCUT2D eigenvalue weighted by molar-refractivity contribution is 7.89. The molecule has 0 unspecified atom stereocenters. The highest BCUT2D eigenvalue weighted by atomic mass is 32.2. The molecule has 0 aliphatic heterocycles. The van der Waals surface area contributed by atoms with Crippen LogP contribution in [0.2, 0.25) is 0 Å². The maximum absolute atomic E-state index is 11.3. The first-order chi connectivity index (χ1) is 11.9. The summed E-state index contributed by atoms with van der Waals surface area (Å²) in [7, 11) is -0.691. The lowest BCUT2D eigenvalue weighted by Gasteiger charge is -2.11. The smallest absolute Gasteiger partial charge is 0.238 e. The summed E-state index contributed by atoms with van der Waals surface area (Å²) in [6, 6.07) is 9.13. The summed E-state index contributed by atoms with van der Waals surface area (Å²) < 4.78 is 38.9. The average Bonchev–Trinajstić information content (AvgIpc) is 2.60. The molecule has 0 aliphatic rings. The largest absolute Gasteiger partial charge is 0.493 e. The van der Waals surface area contributed by atoms with Gasteiger partial charge in [0.15, 0.2) is 11.5 Å². The molecule has 0 saturated heterocycles. The maximum Gasteiger partial charge on any atom is 0.238 e. The topological polar surface area (TPSA) is 114 Å². The predicted molar refractivity (Wildman–Crippen MR) is 90.5 cm³/mol. The third-order valence-corrected chi connectivity index (χ3v) is 4.40. The van der Waals surface area contributed by atoms with E-state index in [2.05, 4.69) is 9.97 Å². The van der Waals surface area contributed by atoms with Crippen molar-refractivity contribution < 1.29 is 22.6 Å². The molecule has 1 heterocycles. The van der Waals surface area contributed by atoms with Crippen molar-refractivity contribution in [2.75, 3.05) is 14.2 Å². The van der Waals surface area contributed by atoms with Gasteiger partial charge in [-0.05, 0) is 30.3 Å². The summed E-state index contributed by atoms with van der Waals surface area (Å²) in [5.41, 5.74) is 0.615. The lowest BCUT2D eigenvalue weighted by atomic mass is 10.2. The molecule has 0 spiro atoms. The summed E-state index contributed by atoms with van der Waals surface area (Å²) in [6.07, 6.45) is 1.36. The normalized spacial score (nSPS) is 11.3. The van der Waals surface area contributed by atoms with Crippen molar-refractivity contribution in [1.82, 2.24) is 9.97 Å². The Bertz CT molecular complexity index is 1020. The zero-order valence-electron chi connectivity index (χ0n) is 13.5. The quantitative estimate of drug-likeness (QED) is 0.740. The molecule has 0 fully saturated rings. The lowest BCUT2D eigenvalue weighted by molar-refractivity contribution is 0.355. The van der Waals surface area contributed by atoms with E-state index >= 15 is 0 Å². The molecular weight excluding hydrogens is 346 g/mol. The Kier molecular flexibility index (Phi) is 4.43. The molecule has 0 saturated carbocycles. The molecule has 9 heteroatoms. The molecular formula is C16H15N3O5S. The maximum atomic E-state index is 11.3.